The zero-order chi connectivity index (χ0) is 16.7. The van der Waals surface area contributed by atoms with Crippen LogP contribution in [0.25, 0.3) is 0 Å². The fraction of sp³-hybridized carbons (Fsp3) is 0.625. The van der Waals surface area contributed by atoms with Crippen LogP contribution in [0.1, 0.15) is 19.8 Å². The van der Waals surface area contributed by atoms with Gasteiger partial charge in [-0.2, -0.15) is 4.31 Å². The van der Waals surface area contributed by atoms with Crippen LogP contribution in [0.3, 0.4) is 0 Å². The molecule has 7 heteroatoms. The maximum atomic E-state index is 12.2. The van der Waals surface area contributed by atoms with Gasteiger partial charge in [0.1, 0.15) is 24.2 Å². The van der Waals surface area contributed by atoms with Crippen molar-refractivity contribution < 1.29 is 22.6 Å². The molecule has 1 aliphatic heterocycles. The summed E-state index contributed by atoms with van der Waals surface area (Å²) in [5, 5.41) is 0. The largest absolute Gasteiger partial charge is 0.497 e. The molecule has 130 valence electrons. The second-order valence-corrected chi connectivity index (χ2v) is 7.60. The van der Waals surface area contributed by atoms with Gasteiger partial charge < -0.3 is 14.2 Å². The first-order chi connectivity index (χ1) is 11.0. The fourth-order valence-electron chi connectivity index (χ4n) is 2.37. The van der Waals surface area contributed by atoms with Crippen LogP contribution in [0.4, 0.5) is 0 Å². The van der Waals surface area contributed by atoms with Crippen LogP contribution in [0.15, 0.2) is 24.3 Å². The van der Waals surface area contributed by atoms with Gasteiger partial charge in [0, 0.05) is 13.1 Å². The quantitative estimate of drug-likeness (QED) is 0.757. The van der Waals surface area contributed by atoms with Gasteiger partial charge in [0.2, 0.25) is 10.0 Å². The monoisotopic (exact) mass is 343 g/mol. The number of nitrogens with zero attached hydrogens (tertiary/aromatic N) is 1. The maximum absolute atomic E-state index is 12.2. The molecule has 0 saturated carbocycles. The summed E-state index contributed by atoms with van der Waals surface area (Å²) in [6, 6.07) is 7.28. The molecule has 1 saturated heterocycles. The molecule has 0 N–H and O–H groups in total. The van der Waals surface area contributed by atoms with Crippen molar-refractivity contribution in [2.75, 3.05) is 39.2 Å². The van der Waals surface area contributed by atoms with Crippen LogP contribution < -0.4 is 9.47 Å². The average molecular weight is 343 g/mol. The van der Waals surface area contributed by atoms with Gasteiger partial charge >= 0.3 is 0 Å². The molecule has 1 unspecified atom stereocenters. The summed E-state index contributed by atoms with van der Waals surface area (Å²) in [6.45, 7) is 3.47. The normalized spacial score (nSPS) is 21.6. The molecular weight excluding hydrogens is 318 g/mol. The van der Waals surface area contributed by atoms with E-state index in [9.17, 15) is 8.42 Å². The molecular formula is C16H25NO5S. The molecule has 0 spiro atoms. The molecule has 0 aliphatic carbocycles. The van der Waals surface area contributed by atoms with Gasteiger partial charge in [-0.05, 0) is 30.7 Å². The van der Waals surface area contributed by atoms with E-state index < -0.39 is 10.0 Å². The van der Waals surface area contributed by atoms with Gasteiger partial charge in [-0.25, -0.2) is 8.42 Å². The van der Waals surface area contributed by atoms with E-state index in [0.29, 0.717) is 25.4 Å². The number of sulfonamides is 1. The second-order valence-electron chi connectivity index (χ2n) is 5.51. The zero-order valence-electron chi connectivity index (χ0n) is 13.7. The summed E-state index contributed by atoms with van der Waals surface area (Å²) in [7, 11) is -1.61. The van der Waals surface area contributed by atoms with Gasteiger partial charge in [-0.3, -0.25) is 0 Å². The fourth-order valence-corrected chi connectivity index (χ4v) is 3.74. The summed E-state index contributed by atoms with van der Waals surface area (Å²) in [5.41, 5.74) is 0. The number of rotatable bonds is 7. The van der Waals surface area contributed by atoms with Crippen LogP contribution in [0.2, 0.25) is 0 Å². The molecule has 2 rings (SSSR count). The van der Waals surface area contributed by atoms with Crippen LogP contribution in [-0.4, -0.2) is 58.0 Å². The first-order valence-corrected chi connectivity index (χ1v) is 9.52. The predicted molar refractivity (Wildman–Crippen MR) is 88.5 cm³/mol. The Morgan fingerprint density at radius 3 is 2.61 bits per heavy atom. The topological polar surface area (TPSA) is 65.1 Å². The van der Waals surface area contributed by atoms with Gasteiger partial charge in [0.05, 0.1) is 19.5 Å². The first-order valence-electron chi connectivity index (χ1n) is 7.91. The highest BCUT2D eigenvalue weighted by Gasteiger charge is 2.29. The van der Waals surface area contributed by atoms with Crippen LogP contribution >= 0.6 is 0 Å². The standard InChI is InChI=1S/C16H25NO5S/c1-3-4-9-17-12-16(21-10-11-23(17,18)19)13-22-15-7-5-14(20-2)6-8-15/h5-8,16H,3-4,9-13H2,1-2H3. The van der Waals surface area contributed by atoms with Gasteiger partial charge in [-0.1, -0.05) is 13.3 Å². The molecule has 1 aromatic rings. The van der Waals surface area contributed by atoms with Crippen molar-refractivity contribution in [1.82, 2.24) is 4.31 Å². The lowest BCUT2D eigenvalue weighted by Gasteiger charge is -2.22. The van der Waals surface area contributed by atoms with Gasteiger partial charge in [0.25, 0.3) is 0 Å². The third-order valence-corrected chi connectivity index (χ3v) is 5.55. The lowest BCUT2D eigenvalue weighted by Crippen LogP contribution is -2.39. The van der Waals surface area contributed by atoms with E-state index in [-0.39, 0.29) is 18.5 Å². The minimum absolute atomic E-state index is 0.0375. The molecule has 0 amide bonds. The Morgan fingerprint density at radius 2 is 1.96 bits per heavy atom. The minimum Gasteiger partial charge on any atom is -0.497 e. The van der Waals surface area contributed by atoms with Crippen LogP contribution in [0.5, 0.6) is 11.5 Å². The van der Waals surface area contributed by atoms with Crippen molar-refractivity contribution in [3.05, 3.63) is 24.3 Å². The SMILES string of the molecule is CCCCN1CC(COc2ccc(OC)cc2)OCCS1(=O)=O. The van der Waals surface area contributed by atoms with Gasteiger partial charge in [-0.15, -0.1) is 0 Å². The van der Waals surface area contributed by atoms with E-state index in [1.165, 1.54) is 4.31 Å². The van der Waals surface area contributed by atoms with E-state index in [1.807, 2.05) is 31.2 Å². The first kappa shape index (κ1) is 18.0. The lowest BCUT2D eigenvalue weighted by atomic mass is 10.3. The average Bonchev–Trinajstić information content (AvgIpc) is 2.69. The highest BCUT2D eigenvalue weighted by atomic mass is 32.2. The van der Waals surface area contributed by atoms with Crippen molar-refractivity contribution in [1.29, 1.82) is 0 Å². The minimum atomic E-state index is -3.22. The molecule has 0 bridgehead atoms. The Bertz CT molecular complexity index is 573. The molecule has 1 atom stereocenters. The molecule has 1 heterocycles. The van der Waals surface area contributed by atoms with Crippen molar-refractivity contribution in [3.63, 3.8) is 0 Å². The Kier molecular flexibility index (Phi) is 6.68. The highest BCUT2D eigenvalue weighted by Crippen LogP contribution is 2.18. The highest BCUT2D eigenvalue weighted by molar-refractivity contribution is 7.89. The number of benzene rings is 1. The summed E-state index contributed by atoms with van der Waals surface area (Å²) in [4.78, 5) is 0. The number of hydrogen-bond donors (Lipinski definition) is 0. The van der Waals surface area contributed by atoms with E-state index in [1.54, 1.807) is 7.11 Å². The maximum Gasteiger partial charge on any atom is 0.216 e. The van der Waals surface area contributed by atoms with E-state index in [2.05, 4.69) is 0 Å². The third-order valence-electron chi connectivity index (χ3n) is 3.75. The summed E-state index contributed by atoms with van der Waals surface area (Å²) in [6.07, 6.45) is 1.55. The van der Waals surface area contributed by atoms with Crippen molar-refractivity contribution in [3.8, 4) is 11.5 Å². The van der Waals surface area contributed by atoms with E-state index >= 15 is 0 Å². The third kappa shape index (κ3) is 5.37. The smallest absolute Gasteiger partial charge is 0.216 e. The van der Waals surface area contributed by atoms with Crippen LogP contribution in [0, 0.1) is 0 Å². The second kappa shape index (κ2) is 8.52. The molecule has 1 aromatic carbocycles. The molecule has 1 fully saturated rings. The Balaban J connectivity index is 1.93. The van der Waals surface area contributed by atoms with Crippen molar-refractivity contribution in [2.45, 2.75) is 25.9 Å². The molecule has 23 heavy (non-hydrogen) atoms. The number of unbranched alkanes of at least 4 members (excludes halogenated alkanes) is 1. The van der Waals surface area contributed by atoms with Crippen molar-refractivity contribution in [2.24, 2.45) is 0 Å². The number of hydrogen-bond acceptors (Lipinski definition) is 5. The van der Waals surface area contributed by atoms with Crippen molar-refractivity contribution >= 4 is 10.0 Å². The Morgan fingerprint density at radius 1 is 1.26 bits per heavy atom. The summed E-state index contributed by atoms with van der Waals surface area (Å²) < 4.78 is 42.4. The van der Waals surface area contributed by atoms with E-state index in [4.69, 9.17) is 14.2 Å². The molecule has 6 nitrogen and oxygen atoms in total. The Hall–Kier alpha value is -1.31. The molecule has 1 aliphatic rings. The van der Waals surface area contributed by atoms with Gasteiger partial charge in [0.15, 0.2) is 0 Å². The number of ether oxygens (including phenoxy) is 3. The summed E-state index contributed by atoms with van der Waals surface area (Å²) >= 11 is 0. The summed E-state index contributed by atoms with van der Waals surface area (Å²) in [5.74, 6) is 1.51. The zero-order valence-corrected chi connectivity index (χ0v) is 14.5. The molecule has 0 aromatic heterocycles. The number of methoxy groups -OCH3 is 1. The lowest BCUT2D eigenvalue weighted by molar-refractivity contribution is 0.0245. The Labute approximate surface area is 138 Å². The van der Waals surface area contributed by atoms with Crippen LogP contribution in [-0.2, 0) is 14.8 Å². The molecule has 0 radical (unpaired) electrons. The predicted octanol–water partition coefficient (Wildman–Crippen LogP) is 1.90. The van der Waals surface area contributed by atoms with E-state index in [0.717, 1.165) is 18.6 Å².